The van der Waals surface area contributed by atoms with Crippen LogP contribution in [0.1, 0.15) is 105 Å². The van der Waals surface area contributed by atoms with Crippen molar-refractivity contribution in [1.29, 1.82) is 0 Å². The highest BCUT2D eigenvalue weighted by Crippen LogP contribution is 2.60. The van der Waals surface area contributed by atoms with Gasteiger partial charge in [0.2, 0.25) is 5.88 Å². The molecule has 2 unspecified atom stereocenters. The number of nitrogens with zero attached hydrogens (tertiary/aromatic N) is 5. The minimum absolute atomic E-state index is 0.0424. The lowest BCUT2D eigenvalue weighted by atomic mass is 9.59. The first-order valence-corrected chi connectivity index (χ1v) is 24.4. The molecule has 16 heteroatoms. The zero-order valence-electron chi connectivity index (χ0n) is 36.2. The van der Waals surface area contributed by atoms with E-state index in [1.807, 2.05) is 12.1 Å². The Bertz CT molecular complexity index is 2750. The van der Waals surface area contributed by atoms with Gasteiger partial charge in [-0.2, -0.15) is 13.4 Å². The molecule has 5 fully saturated rings. The number of piperidine rings is 1. The van der Waals surface area contributed by atoms with Gasteiger partial charge < -0.3 is 24.7 Å². The Balaban J connectivity index is 0.808. The maximum atomic E-state index is 14.1. The second-order valence-corrected chi connectivity index (χ2v) is 21.0. The van der Waals surface area contributed by atoms with Crippen LogP contribution in [0.3, 0.4) is 0 Å². The van der Waals surface area contributed by atoms with Crippen LogP contribution in [-0.4, -0.2) is 77.4 Å². The number of hydrogen-bond donors (Lipinski definition) is 3. The fourth-order valence-corrected chi connectivity index (χ4v) is 13.0. The largest absolute Gasteiger partial charge is 0.474 e. The van der Waals surface area contributed by atoms with E-state index in [4.69, 9.17) is 9.47 Å². The predicted octanol–water partition coefficient (Wildman–Crippen LogP) is 8.71. The van der Waals surface area contributed by atoms with Crippen molar-refractivity contribution in [2.45, 2.75) is 101 Å². The van der Waals surface area contributed by atoms with E-state index in [1.54, 1.807) is 24.4 Å². The van der Waals surface area contributed by atoms with E-state index in [2.05, 4.69) is 72.9 Å². The van der Waals surface area contributed by atoms with Crippen molar-refractivity contribution >= 4 is 44.0 Å². The quantitative estimate of drug-likeness (QED) is 0.0848. The molecule has 4 atom stereocenters. The Morgan fingerprint density at radius 1 is 1.02 bits per heavy atom. The lowest BCUT2D eigenvalue weighted by molar-refractivity contribution is -0.384. The molecule has 6 heterocycles. The molecule has 334 valence electrons. The van der Waals surface area contributed by atoms with Crippen LogP contribution in [-0.2, 0) is 10.0 Å². The molecule has 64 heavy (non-hydrogen) atoms. The number of fused-ring (bicyclic) bond motifs is 3. The normalized spacial score (nSPS) is 25.0. The number of carbonyl (C=O) groups is 1. The van der Waals surface area contributed by atoms with E-state index < -0.39 is 31.6 Å². The Hall–Kier alpha value is -5.74. The molecule has 2 saturated heterocycles. The molecule has 15 nitrogen and oxygen atoms in total. The summed E-state index contributed by atoms with van der Waals surface area (Å²) >= 11 is 0. The maximum Gasteiger partial charge on any atom is 0.300 e. The molecule has 3 aliphatic heterocycles. The Morgan fingerprint density at radius 3 is 2.59 bits per heavy atom. The lowest BCUT2D eigenvalue weighted by Gasteiger charge is -2.56. The molecule has 3 saturated carbocycles. The van der Waals surface area contributed by atoms with Crippen molar-refractivity contribution in [3.05, 3.63) is 99.9 Å². The smallest absolute Gasteiger partial charge is 0.300 e. The summed E-state index contributed by atoms with van der Waals surface area (Å²) < 4.78 is 42.1. The third kappa shape index (κ3) is 7.31. The van der Waals surface area contributed by atoms with Crippen molar-refractivity contribution in [2.75, 3.05) is 36.5 Å². The first-order valence-electron chi connectivity index (χ1n) is 22.9. The lowest BCUT2D eigenvalue weighted by Crippen LogP contribution is -2.54. The number of nitro groups is 1. The number of anilines is 2. The number of ether oxygens (including phenoxy) is 2. The van der Waals surface area contributed by atoms with Gasteiger partial charge in [0, 0.05) is 48.5 Å². The number of hydrogen-bond acceptors (Lipinski definition) is 12. The third-order valence-electron chi connectivity index (χ3n) is 15.4. The van der Waals surface area contributed by atoms with Crippen molar-refractivity contribution < 1.29 is 27.6 Å². The summed E-state index contributed by atoms with van der Waals surface area (Å²) in [5, 5.41) is 15.7. The van der Waals surface area contributed by atoms with Crippen LogP contribution in [0.15, 0.2) is 78.1 Å². The molecular formula is C48H54N8O7S. The Labute approximate surface area is 372 Å². The van der Waals surface area contributed by atoms with Crippen LogP contribution in [0, 0.1) is 33.3 Å². The zero-order chi connectivity index (χ0) is 43.9. The fraction of sp³-hybridized carbons (Fsp3) is 0.479. The number of H-pyrrole nitrogens is 1. The van der Waals surface area contributed by atoms with Gasteiger partial charge in [0.15, 0.2) is 10.7 Å². The van der Waals surface area contributed by atoms with E-state index in [0.29, 0.717) is 52.6 Å². The Morgan fingerprint density at radius 2 is 1.81 bits per heavy atom. The molecule has 5 aromatic rings. The monoisotopic (exact) mass is 886 g/mol. The van der Waals surface area contributed by atoms with Gasteiger partial charge in [0.05, 0.1) is 28.8 Å². The first kappa shape index (κ1) is 41.0. The number of amides is 1. The van der Waals surface area contributed by atoms with Crippen LogP contribution >= 0.6 is 0 Å². The summed E-state index contributed by atoms with van der Waals surface area (Å²) in [4.78, 5) is 42.5. The maximum absolute atomic E-state index is 14.1. The predicted molar refractivity (Wildman–Crippen MR) is 241 cm³/mol. The van der Waals surface area contributed by atoms with Gasteiger partial charge in [-0.3, -0.25) is 19.8 Å². The van der Waals surface area contributed by atoms with Crippen molar-refractivity contribution in [3.8, 4) is 17.4 Å². The highest BCUT2D eigenvalue weighted by Gasteiger charge is 2.57. The van der Waals surface area contributed by atoms with E-state index in [-0.39, 0.29) is 35.5 Å². The average Bonchev–Trinajstić information content (AvgIpc) is 3.75. The first-order chi connectivity index (χ1) is 30.9. The van der Waals surface area contributed by atoms with Gasteiger partial charge in [-0.1, -0.05) is 44.5 Å². The van der Waals surface area contributed by atoms with Crippen LogP contribution in [0.2, 0.25) is 0 Å². The molecule has 1 spiro atoms. The summed E-state index contributed by atoms with van der Waals surface area (Å²) in [7, 11) is -4.72. The summed E-state index contributed by atoms with van der Waals surface area (Å²) in [6.07, 6.45) is 13.7. The van der Waals surface area contributed by atoms with E-state index >= 15 is 0 Å². The third-order valence-corrected chi connectivity index (χ3v) is 16.6. The molecule has 6 aliphatic rings. The summed E-state index contributed by atoms with van der Waals surface area (Å²) in [5.41, 5.74) is 4.31. The molecule has 0 bridgehead atoms. The van der Waals surface area contributed by atoms with Gasteiger partial charge in [-0.05, 0) is 122 Å². The van der Waals surface area contributed by atoms with Gasteiger partial charge in [0.25, 0.3) is 15.9 Å². The number of benzene rings is 2. The molecule has 3 N–H and O–H groups in total. The minimum atomic E-state index is -4.72. The molecule has 3 aromatic heterocycles. The number of rotatable bonds is 11. The second-order valence-electron chi connectivity index (χ2n) is 19.3. The SMILES string of the molecule is CC(C)c1ccccc1[C@@H]1CCCN1C1CC2(CCN(c3ccc(C(=O)NS(=O)(=O)c4cc([N+](=O)[O-])c5c(n4)OC[C@H](C4C6CCCC64)N5)c(Oc4cnc5[nH]ccc5c4)c3)CC2)C1. The highest BCUT2D eigenvalue weighted by atomic mass is 32.2. The standard InChI is InChI=1S/C48H54N8O7S/c1-28(2)33-7-3-4-8-34(33)39-11-6-18-55(39)31-24-48(25-31)15-19-54(20-16-48)30-12-13-37(41(22-30)63-32-21-29-14-17-49-45(29)50-26-32)46(57)53-64(60,61)42-23-40(56(58)59)44-47(52-42)62-27-38(51-44)43-35-9-5-10-36(35)43/h3-4,7-8,12-14,17,21-23,26,28,31,35-36,38-39,43,51H,5-6,9-11,15-16,18-20,24-25,27H2,1-2H3,(H,49,50)(H,53,57)/t35?,36?,38-,39+,43?/m1/s1. The van der Waals surface area contributed by atoms with Crippen molar-refractivity contribution in [2.24, 2.45) is 23.2 Å². The number of pyridine rings is 2. The molecular weight excluding hydrogens is 833 g/mol. The summed E-state index contributed by atoms with van der Waals surface area (Å²) in [6.45, 7) is 7.62. The fourth-order valence-electron chi connectivity index (χ4n) is 12.1. The highest BCUT2D eigenvalue weighted by molar-refractivity contribution is 7.90. The average molecular weight is 887 g/mol. The van der Waals surface area contributed by atoms with Gasteiger partial charge in [0.1, 0.15) is 23.8 Å². The Kier molecular flexibility index (Phi) is 10.1. The topological polar surface area (TPSA) is 185 Å². The number of aromatic amines is 1. The number of aromatic nitrogens is 3. The van der Waals surface area contributed by atoms with Crippen molar-refractivity contribution in [1.82, 2.24) is 24.6 Å². The molecule has 2 aromatic carbocycles. The van der Waals surface area contributed by atoms with Gasteiger partial charge in [-0.25, -0.2) is 9.71 Å². The van der Waals surface area contributed by atoms with E-state index in [1.165, 1.54) is 49.4 Å². The van der Waals surface area contributed by atoms with Gasteiger partial charge >= 0.3 is 5.69 Å². The minimum Gasteiger partial charge on any atom is -0.474 e. The van der Waals surface area contributed by atoms with Gasteiger partial charge in [-0.15, -0.1) is 0 Å². The number of likely N-dealkylation sites (tertiary alicyclic amines) is 1. The van der Waals surface area contributed by atoms with Crippen LogP contribution in [0.4, 0.5) is 17.1 Å². The molecule has 11 rings (SSSR count). The second kappa shape index (κ2) is 15.8. The van der Waals surface area contributed by atoms with E-state index in [0.717, 1.165) is 62.5 Å². The molecule has 0 radical (unpaired) electrons. The molecule has 1 amide bonds. The van der Waals surface area contributed by atoms with Crippen LogP contribution in [0.25, 0.3) is 11.0 Å². The number of sulfonamides is 1. The summed E-state index contributed by atoms with van der Waals surface area (Å²) in [6, 6.07) is 19.6. The summed E-state index contributed by atoms with van der Waals surface area (Å²) in [5.74, 6) is 1.36. The number of nitrogens with one attached hydrogen (secondary N) is 3. The molecule has 3 aliphatic carbocycles. The van der Waals surface area contributed by atoms with Crippen LogP contribution in [0.5, 0.6) is 17.4 Å². The number of carbonyl (C=O) groups excluding carboxylic acids is 1. The zero-order valence-corrected chi connectivity index (χ0v) is 37.0. The van der Waals surface area contributed by atoms with E-state index in [9.17, 15) is 23.3 Å². The van der Waals surface area contributed by atoms with Crippen LogP contribution < -0.4 is 24.4 Å². The van der Waals surface area contributed by atoms with Crippen molar-refractivity contribution in [3.63, 3.8) is 0 Å².